The summed E-state index contributed by atoms with van der Waals surface area (Å²) in [6.07, 6.45) is 6.36. The Morgan fingerprint density at radius 2 is 2.00 bits per heavy atom. The van der Waals surface area contributed by atoms with Crippen LogP contribution in [0.4, 0.5) is 0 Å². The summed E-state index contributed by atoms with van der Waals surface area (Å²) < 4.78 is 0. The van der Waals surface area contributed by atoms with Crippen molar-refractivity contribution in [2.45, 2.75) is 34.1 Å². The van der Waals surface area contributed by atoms with Gasteiger partial charge in [-0.15, -0.1) is 0 Å². The van der Waals surface area contributed by atoms with Crippen LogP contribution in [0.5, 0.6) is 0 Å². The summed E-state index contributed by atoms with van der Waals surface area (Å²) in [7, 11) is 0. The number of rotatable bonds is 5. The number of aryl methyl sites for hydroxylation is 2. The van der Waals surface area contributed by atoms with E-state index in [1.807, 2.05) is 51.1 Å². The van der Waals surface area contributed by atoms with E-state index in [4.69, 9.17) is 0 Å². The third-order valence-electron chi connectivity index (χ3n) is 3.22. The highest BCUT2D eigenvalue weighted by Crippen LogP contribution is 2.22. The lowest BCUT2D eigenvalue weighted by Gasteiger charge is -2.11. The topological polar surface area (TPSA) is 17.1 Å². The normalized spacial score (nSPS) is 12.4. The molecule has 1 rings (SSSR count). The molecular weight excluding hydrogens is 232 g/mol. The van der Waals surface area contributed by atoms with E-state index < -0.39 is 0 Å². The van der Waals surface area contributed by atoms with Crippen molar-refractivity contribution in [2.24, 2.45) is 0 Å². The molecule has 0 N–H and O–H groups in total. The Morgan fingerprint density at radius 1 is 1.32 bits per heavy atom. The Morgan fingerprint density at radius 3 is 2.53 bits per heavy atom. The molecule has 0 saturated carbocycles. The fourth-order valence-electron chi connectivity index (χ4n) is 2.13. The van der Waals surface area contributed by atoms with E-state index in [0.717, 1.165) is 34.3 Å². The van der Waals surface area contributed by atoms with Gasteiger partial charge in [0.05, 0.1) is 0 Å². The fourth-order valence-corrected chi connectivity index (χ4v) is 2.13. The molecule has 0 fully saturated rings. The number of Topliss-reactive ketones (excluding diaryl/α,β-unsaturated/α-hetero) is 1. The first-order valence-electron chi connectivity index (χ1n) is 6.65. The van der Waals surface area contributed by atoms with Crippen molar-refractivity contribution in [1.29, 1.82) is 0 Å². The molecule has 1 aromatic rings. The standard InChI is InChI=1S/C18H22O/c1-6-9-15(7-2)16(8-3)18(19)17-12-13(4)10-11-14(17)5/h6,8-12H,1,7H2,2-5H3/b15-9-,16-8+. The second-order valence-electron chi connectivity index (χ2n) is 4.63. The molecule has 0 unspecified atom stereocenters. The van der Waals surface area contributed by atoms with Crippen LogP contribution in [-0.2, 0) is 0 Å². The van der Waals surface area contributed by atoms with Crippen molar-refractivity contribution in [3.8, 4) is 0 Å². The van der Waals surface area contributed by atoms with E-state index >= 15 is 0 Å². The van der Waals surface area contributed by atoms with Gasteiger partial charge < -0.3 is 0 Å². The maximum absolute atomic E-state index is 12.7. The summed E-state index contributed by atoms with van der Waals surface area (Å²) >= 11 is 0. The van der Waals surface area contributed by atoms with E-state index in [1.54, 1.807) is 6.08 Å². The lowest BCUT2D eigenvalue weighted by Crippen LogP contribution is -2.08. The van der Waals surface area contributed by atoms with E-state index in [-0.39, 0.29) is 5.78 Å². The Labute approximate surface area is 116 Å². The minimum absolute atomic E-state index is 0.0960. The van der Waals surface area contributed by atoms with Crippen LogP contribution in [0.25, 0.3) is 0 Å². The summed E-state index contributed by atoms with van der Waals surface area (Å²) in [4.78, 5) is 12.7. The number of carbonyl (C=O) groups excluding carboxylic acids is 1. The Balaban J connectivity index is 3.27. The second-order valence-corrected chi connectivity index (χ2v) is 4.63. The molecule has 0 bridgehead atoms. The molecule has 0 radical (unpaired) electrons. The van der Waals surface area contributed by atoms with E-state index in [1.165, 1.54) is 0 Å². The molecule has 1 nitrogen and oxygen atoms in total. The van der Waals surface area contributed by atoms with Gasteiger partial charge in [0.15, 0.2) is 5.78 Å². The van der Waals surface area contributed by atoms with Crippen LogP contribution >= 0.6 is 0 Å². The third kappa shape index (κ3) is 3.54. The predicted octanol–water partition coefficient (Wildman–Crippen LogP) is 4.95. The highest BCUT2D eigenvalue weighted by molar-refractivity contribution is 6.12. The van der Waals surface area contributed by atoms with Gasteiger partial charge in [-0.05, 0) is 44.4 Å². The molecule has 0 saturated heterocycles. The largest absolute Gasteiger partial charge is 0.289 e. The zero-order valence-corrected chi connectivity index (χ0v) is 12.3. The Bertz CT molecular complexity index is 545. The SMILES string of the molecule is C=C/C=C(CC)\C(=C/C)C(=O)c1cc(C)ccc1C. The van der Waals surface area contributed by atoms with Crippen LogP contribution in [0.1, 0.15) is 41.8 Å². The molecule has 1 aromatic carbocycles. The first kappa shape index (κ1) is 15.2. The maximum Gasteiger partial charge on any atom is 0.193 e. The molecule has 0 amide bonds. The molecular formula is C18H22O. The van der Waals surface area contributed by atoms with Crippen molar-refractivity contribution in [1.82, 2.24) is 0 Å². The number of carbonyl (C=O) groups is 1. The highest BCUT2D eigenvalue weighted by atomic mass is 16.1. The molecule has 100 valence electrons. The average molecular weight is 254 g/mol. The molecule has 0 aliphatic carbocycles. The van der Waals surface area contributed by atoms with Crippen LogP contribution in [0.15, 0.2) is 54.2 Å². The summed E-state index contributed by atoms with van der Waals surface area (Å²) in [5.74, 6) is 0.0960. The van der Waals surface area contributed by atoms with Gasteiger partial charge in [0.1, 0.15) is 0 Å². The van der Waals surface area contributed by atoms with Gasteiger partial charge in [-0.25, -0.2) is 0 Å². The van der Waals surface area contributed by atoms with E-state index in [2.05, 4.69) is 13.5 Å². The van der Waals surface area contributed by atoms with Crippen molar-refractivity contribution < 1.29 is 4.79 Å². The third-order valence-corrected chi connectivity index (χ3v) is 3.22. The summed E-state index contributed by atoms with van der Waals surface area (Å²) in [5.41, 5.74) is 4.72. The van der Waals surface area contributed by atoms with E-state index in [0.29, 0.717) is 0 Å². The first-order valence-corrected chi connectivity index (χ1v) is 6.65. The lowest BCUT2D eigenvalue weighted by molar-refractivity contribution is 0.103. The minimum atomic E-state index is 0.0960. The summed E-state index contributed by atoms with van der Waals surface area (Å²) in [5, 5.41) is 0. The van der Waals surface area contributed by atoms with Gasteiger partial charge in [0, 0.05) is 11.1 Å². The average Bonchev–Trinajstić information content (AvgIpc) is 2.41. The fraction of sp³-hybridized carbons (Fsp3) is 0.278. The smallest absolute Gasteiger partial charge is 0.193 e. The zero-order chi connectivity index (χ0) is 14.4. The second kappa shape index (κ2) is 6.89. The molecule has 0 spiro atoms. The quantitative estimate of drug-likeness (QED) is 0.412. The van der Waals surface area contributed by atoms with Gasteiger partial charge >= 0.3 is 0 Å². The number of hydrogen-bond donors (Lipinski definition) is 0. The Hall–Kier alpha value is -1.89. The van der Waals surface area contributed by atoms with Gasteiger partial charge in [-0.2, -0.15) is 0 Å². The first-order chi connectivity index (χ1) is 9.04. The number of allylic oxidation sites excluding steroid dienone is 5. The van der Waals surface area contributed by atoms with Gasteiger partial charge in [-0.1, -0.05) is 49.4 Å². The lowest BCUT2D eigenvalue weighted by atomic mass is 9.91. The van der Waals surface area contributed by atoms with Crippen molar-refractivity contribution in [3.05, 3.63) is 70.8 Å². The molecule has 0 heterocycles. The molecule has 0 aliphatic rings. The van der Waals surface area contributed by atoms with Crippen molar-refractivity contribution in [2.75, 3.05) is 0 Å². The minimum Gasteiger partial charge on any atom is -0.289 e. The summed E-state index contributed by atoms with van der Waals surface area (Å²) in [6.45, 7) is 11.7. The molecule has 0 atom stereocenters. The van der Waals surface area contributed by atoms with Gasteiger partial charge in [0.25, 0.3) is 0 Å². The van der Waals surface area contributed by atoms with Crippen LogP contribution < -0.4 is 0 Å². The summed E-state index contributed by atoms with van der Waals surface area (Å²) in [6, 6.07) is 5.99. The molecule has 19 heavy (non-hydrogen) atoms. The molecule has 0 aliphatic heterocycles. The van der Waals surface area contributed by atoms with Crippen LogP contribution in [-0.4, -0.2) is 5.78 Å². The molecule has 1 heteroatoms. The maximum atomic E-state index is 12.7. The number of benzene rings is 1. The van der Waals surface area contributed by atoms with Crippen LogP contribution in [0, 0.1) is 13.8 Å². The number of hydrogen-bond acceptors (Lipinski definition) is 1. The van der Waals surface area contributed by atoms with Gasteiger partial charge in [-0.3, -0.25) is 4.79 Å². The Kier molecular flexibility index (Phi) is 5.50. The monoisotopic (exact) mass is 254 g/mol. The predicted molar refractivity (Wildman–Crippen MR) is 82.6 cm³/mol. The van der Waals surface area contributed by atoms with Crippen molar-refractivity contribution >= 4 is 5.78 Å². The zero-order valence-electron chi connectivity index (χ0n) is 12.3. The van der Waals surface area contributed by atoms with Crippen LogP contribution in [0.2, 0.25) is 0 Å². The molecule has 0 aromatic heterocycles. The van der Waals surface area contributed by atoms with Gasteiger partial charge in [0.2, 0.25) is 0 Å². The van der Waals surface area contributed by atoms with Crippen LogP contribution in [0.3, 0.4) is 0 Å². The number of ketones is 1. The highest BCUT2D eigenvalue weighted by Gasteiger charge is 2.16. The van der Waals surface area contributed by atoms with E-state index in [9.17, 15) is 4.79 Å². The van der Waals surface area contributed by atoms with Crippen molar-refractivity contribution in [3.63, 3.8) is 0 Å².